The molecule has 0 radical (unpaired) electrons. The molecule has 0 aromatic heterocycles. The Balaban J connectivity index is 0.00000272. The Hall–Kier alpha value is -2.04. The van der Waals surface area contributed by atoms with Crippen LogP contribution in [0.15, 0.2) is 54.6 Å². The largest absolute Gasteiger partial charge is 0.489 e. The molecule has 2 aliphatic rings. The van der Waals surface area contributed by atoms with Gasteiger partial charge < -0.3 is 9.64 Å². The highest BCUT2D eigenvalue weighted by molar-refractivity contribution is 5.85. The molecule has 1 amide bonds. The van der Waals surface area contributed by atoms with Gasteiger partial charge in [0.25, 0.3) is 0 Å². The minimum Gasteiger partial charge on any atom is -0.489 e. The number of piperidine rings is 2. The summed E-state index contributed by atoms with van der Waals surface area (Å²) in [6.07, 6.45) is 4.30. The number of likely N-dealkylation sites (tertiary alicyclic amines) is 2. The van der Waals surface area contributed by atoms with Crippen molar-refractivity contribution in [1.82, 2.24) is 9.80 Å². The van der Waals surface area contributed by atoms with Gasteiger partial charge in [-0.2, -0.15) is 0 Å². The second kappa shape index (κ2) is 11.5. The molecular formula is C26H35ClN2O2. The normalized spacial score (nSPS) is 18.4. The molecule has 0 spiro atoms. The first-order chi connectivity index (χ1) is 14.7. The number of hydrogen-bond acceptors (Lipinski definition) is 3. The van der Waals surface area contributed by atoms with Gasteiger partial charge in [0.05, 0.1) is 0 Å². The second-order valence-electron chi connectivity index (χ2n) is 8.98. The van der Waals surface area contributed by atoms with Crippen LogP contribution in [0.4, 0.5) is 0 Å². The van der Waals surface area contributed by atoms with Crippen LogP contribution in [0.5, 0.6) is 5.75 Å². The Morgan fingerprint density at radius 3 is 2.16 bits per heavy atom. The summed E-state index contributed by atoms with van der Waals surface area (Å²) in [5, 5.41) is 0. The zero-order valence-electron chi connectivity index (χ0n) is 18.5. The van der Waals surface area contributed by atoms with Crippen LogP contribution < -0.4 is 4.74 Å². The number of carbonyl (C=O) groups excluding carboxylic acids is 1. The summed E-state index contributed by atoms with van der Waals surface area (Å²) in [6.45, 7) is 7.76. The average molecular weight is 443 g/mol. The molecule has 2 saturated heterocycles. The van der Waals surface area contributed by atoms with E-state index < -0.39 is 0 Å². The quantitative estimate of drug-likeness (QED) is 0.619. The molecule has 2 aliphatic heterocycles. The first-order valence-electron chi connectivity index (χ1n) is 11.4. The second-order valence-corrected chi connectivity index (χ2v) is 8.98. The van der Waals surface area contributed by atoms with E-state index >= 15 is 0 Å². The lowest BCUT2D eigenvalue weighted by Gasteiger charge is -2.36. The monoisotopic (exact) mass is 442 g/mol. The van der Waals surface area contributed by atoms with E-state index in [-0.39, 0.29) is 18.3 Å². The van der Waals surface area contributed by atoms with Crippen LogP contribution in [0.3, 0.4) is 0 Å². The van der Waals surface area contributed by atoms with E-state index in [1.165, 1.54) is 11.1 Å². The van der Waals surface area contributed by atoms with Crippen LogP contribution in [0.25, 0.3) is 0 Å². The van der Waals surface area contributed by atoms with Gasteiger partial charge in [-0.25, -0.2) is 0 Å². The maximum absolute atomic E-state index is 12.8. The zero-order chi connectivity index (χ0) is 20.8. The molecule has 0 bridgehead atoms. The van der Waals surface area contributed by atoms with Gasteiger partial charge in [0.2, 0.25) is 5.91 Å². The fraction of sp³-hybridized carbons (Fsp3) is 0.500. The van der Waals surface area contributed by atoms with Crippen molar-refractivity contribution >= 4 is 18.3 Å². The topological polar surface area (TPSA) is 32.8 Å². The number of halogens is 1. The van der Waals surface area contributed by atoms with E-state index in [0.29, 0.717) is 12.5 Å². The maximum Gasteiger partial charge on any atom is 0.225 e. The predicted molar refractivity (Wildman–Crippen MR) is 127 cm³/mol. The van der Waals surface area contributed by atoms with Gasteiger partial charge in [-0.05, 0) is 68.0 Å². The minimum atomic E-state index is 0. The Kier molecular flexibility index (Phi) is 8.79. The van der Waals surface area contributed by atoms with Gasteiger partial charge in [0.1, 0.15) is 12.4 Å². The van der Waals surface area contributed by atoms with Crippen molar-refractivity contribution < 1.29 is 9.53 Å². The number of rotatable bonds is 6. The lowest BCUT2D eigenvalue weighted by atomic mass is 9.92. The summed E-state index contributed by atoms with van der Waals surface area (Å²) in [5.74, 6) is 2.30. The van der Waals surface area contributed by atoms with E-state index in [4.69, 9.17) is 4.74 Å². The molecule has 0 saturated carbocycles. The molecule has 5 heteroatoms. The summed E-state index contributed by atoms with van der Waals surface area (Å²) >= 11 is 0. The highest BCUT2D eigenvalue weighted by atomic mass is 35.5. The van der Waals surface area contributed by atoms with Gasteiger partial charge >= 0.3 is 0 Å². The van der Waals surface area contributed by atoms with Crippen LogP contribution in [0, 0.1) is 11.8 Å². The van der Waals surface area contributed by atoms with Gasteiger partial charge in [-0.1, -0.05) is 49.4 Å². The molecule has 0 aliphatic carbocycles. The average Bonchev–Trinajstić information content (AvgIpc) is 2.80. The molecule has 0 unspecified atom stereocenters. The molecule has 2 heterocycles. The molecule has 0 N–H and O–H groups in total. The highest BCUT2D eigenvalue weighted by Crippen LogP contribution is 2.25. The Bertz CT molecular complexity index is 796. The highest BCUT2D eigenvalue weighted by Gasteiger charge is 2.30. The number of ether oxygens (including phenoxy) is 1. The summed E-state index contributed by atoms with van der Waals surface area (Å²) in [6, 6.07) is 18.7. The summed E-state index contributed by atoms with van der Waals surface area (Å²) < 4.78 is 5.89. The fourth-order valence-corrected chi connectivity index (χ4v) is 4.52. The molecule has 2 aromatic rings. The third-order valence-corrected chi connectivity index (χ3v) is 6.61. The molecule has 0 atom stereocenters. The molecule has 4 rings (SSSR count). The number of benzene rings is 2. The minimum absolute atomic E-state index is 0. The van der Waals surface area contributed by atoms with Gasteiger partial charge in [-0.3, -0.25) is 9.69 Å². The first kappa shape index (κ1) is 23.6. The standard InChI is InChI=1S/C26H34N2O2.ClH/c1-21-11-17-28(18-12-21)26(29)24-13-15-27(16-14-24)19-22-7-9-25(10-8-22)30-20-23-5-3-2-4-6-23;/h2-10,21,24H,11-20H2,1H3;1H. The predicted octanol–water partition coefficient (Wildman–Crippen LogP) is 5.16. The third-order valence-electron chi connectivity index (χ3n) is 6.61. The molecule has 168 valence electrons. The Morgan fingerprint density at radius 1 is 0.871 bits per heavy atom. The van der Waals surface area contributed by atoms with E-state index in [9.17, 15) is 4.79 Å². The summed E-state index contributed by atoms with van der Waals surface area (Å²) in [4.78, 5) is 17.4. The number of hydrogen-bond donors (Lipinski definition) is 0. The number of carbonyl (C=O) groups is 1. The molecule has 31 heavy (non-hydrogen) atoms. The smallest absolute Gasteiger partial charge is 0.225 e. The van der Waals surface area contributed by atoms with Crippen LogP contribution in [-0.2, 0) is 17.9 Å². The fourth-order valence-electron chi connectivity index (χ4n) is 4.52. The zero-order valence-corrected chi connectivity index (χ0v) is 19.4. The van der Waals surface area contributed by atoms with Crippen molar-refractivity contribution in [2.24, 2.45) is 11.8 Å². The van der Waals surface area contributed by atoms with E-state index in [1.54, 1.807) is 0 Å². The van der Waals surface area contributed by atoms with Crippen LogP contribution in [0.2, 0.25) is 0 Å². The maximum atomic E-state index is 12.8. The van der Waals surface area contributed by atoms with E-state index in [2.05, 4.69) is 53.1 Å². The van der Waals surface area contributed by atoms with Crippen molar-refractivity contribution in [2.45, 2.75) is 45.8 Å². The lowest BCUT2D eigenvalue weighted by Crippen LogP contribution is -2.45. The SMILES string of the molecule is CC1CCN(C(=O)C2CCN(Cc3ccc(OCc4ccccc4)cc3)CC2)CC1.Cl. The van der Waals surface area contributed by atoms with Crippen molar-refractivity contribution in [3.8, 4) is 5.75 Å². The van der Waals surface area contributed by atoms with Gasteiger partial charge in [-0.15, -0.1) is 12.4 Å². The first-order valence-corrected chi connectivity index (χ1v) is 11.4. The molecule has 2 fully saturated rings. The number of nitrogens with zero attached hydrogens (tertiary/aromatic N) is 2. The van der Waals surface area contributed by atoms with E-state index in [0.717, 1.165) is 70.1 Å². The molecule has 4 nitrogen and oxygen atoms in total. The Labute approximate surface area is 193 Å². The summed E-state index contributed by atoms with van der Waals surface area (Å²) in [7, 11) is 0. The molecular weight excluding hydrogens is 408 g/mol. The van der Waals surface area contributed by atoms with Gasteiger partial charge in [0, 0.05) is 25.6 Å². The summed E-state index contributed by atoms with van der Waals surface area (Å²) in [5.41, 5.74) is 2.48. The number of amides is 1. The van der Waals surface area contributed by atoms with Gasteiger partial charge in [0.15, 0.2) is 0 Å². The van der Waals surface area contributed by atoms with Crippen molar-refractivity contribution in [2.75, 3.05) is 26.2 Å². The third kappa shape index (κ3) is 6.72. The van der Waals surface area contributed by atoms with Crippen molar-refractivity contribution in [3.05, 3.63) is 65.7 Å². The molecule has 2 aromatic carbocycles. The van der Waals surface area contributed by atoms with Crippen LogP contribution in [-0.4, -0.2) is 41.9 Å². The van der Waals surface area contributed by atoms with E-state index in [1.807, 2.05) is 18.2 Å². The van der Waals surface area contributed by atoms with Crippen LogP contribution in [0.1, 0.15) is 43.7 Å². The van der Waals surface area contributed by atoms with Crippen molar-refractivity contribution in [3.63, 3.8) is 0 Å². The van der Waals surface area contributed by atoms with Crippen molar-refractivity contribution in [1.29, 1.82) is 0 Å². The lowest BCUT2D eigenvalue weighted by molar-refractivity contribution is -0.138. The Morgan fingerprint density at radius 2 is 1.52 bits per heavy atom. The van der Waals surface area contributed by atoms with Crippen LogP contribution >= 0.6 is 12.4 Å².